The van der Waals surface area contributed by atoms with Crippen LogP contribution in [-0.4, -0.2) is 31.3 Å². The van der Waals surface area contributed by atoms with Crippen molar-refractivity contribution in [2.45, 2.75) is 0 Å². The predicted molar refractivity (Wildman–Crippen MR) is 234 cm³/mol. The Labute approximate surface area is 327 Å². The predicted octanol–water partition coefficient (Wildman–Crippen LogP) is 13.0. The van der Waals surface area contributed by atoms with Crippen LogP contribution < -0.4 is 14.2 Å². The molecule has 5 heteroatoms. The number of hydrogen-bond donors (Lipinski definition) is 2. The molecule has 0 unspecified atom stereocenters. The van der Waals surface area contributed by atoms with Crippen molar-refractivity contribution in [2.24, 2.45) is 0 Å². The Balaban J connectivity index is 0.000000158. The summed E-state index contributed by atoms with van der Waals surface area (Å²) in [4.78, 5) is 7.00. The van der Waals surface area contributed by atoms with Gasteiger partial charge in [-0.2, -0.15) is 0 Å². The molecular weight excluding hydrogens is 689 g/mol. The minimum absolute atomic E-state index is 0.568. The van der Waals surface area contributed by atoms with Crippen LogP contribution in [0, 0.1) is 0 Å². The Morgan fingerprint density at radius 2 is 0.857 bits per heavy atom. The molecule has 0 aliphatic carbocycles. The highest BCUT2D eigenvalue weighted by Gasteiger charge is 2.16. The number of aromatic amines is 2. The quantitative estimate of drug-likeness (QED) is 0.155. The number of ether oxygens (including phenoxy) is 3. The van der Waals surface area contributed by atoms with E-state index in [-0.39, 0.29) is 0 Å². The standard InChI is InChI=1S/C26H19N.C25H23NO3/c1-18(21-14-13-19-7-2-3-8-22(19)15-21)20-10-6-11-23(16-20)26-17-24-9-4-5-12-25(24)27-26;1-16(20-14-23(27-2)25(29-4)24(15-20)28-3)17-9-7-10-18(12-17)22-13-19-8-5-6-11-21(19)26-22/h2-17,27H,1H2;5-15,26H,1H2,2-4H3. The first-order valence-electron chi connectivity index (χ1n) is 18.5. The lowest BCUT2D eigenvalue weighted by atomic mass is 9.95. The van der Waals surface area contributed by atoms with Crippen molar-refractivity contribution < 1.29 is 14.2 Å². The zero-order valence-corrected chi connectivity index (χ0v) is 31.7. The summed E-state index contributed by atoms with van der Waals surface area (Å²) in [5.41, 5.74) is 12.9. The fraction of sp³-hybridized carbons (Fsp3) is 0.0588. The van der Waals surface area contributed by atoms with Gasteiger partial charge in [0.05, 0.1) is 21.3 Å². The smallest absolute Gasteiger partial charge is 0.203 e. The highest BCUT2D eigenvalue weighted by Crippen LogP contribution is 2.41. The molecule has 7 aromatic carbocycles. The molecule has 0 amide bonds. The summed E-state index contributed by atoms with van der Waals surface area (Å²) in [6.45, 7) is 8.69. The third kappa shape index (κ3) is 7.18. The normalized spacial score (nSPS) is 10.9. The van der Waals surface area contributed by atoms with E-state index in [1.807, 2.05) is 30.3 Å². The Morgan fingerprint density at radius 3 is 1.36 bits per heavy atom. The molecule has 5 nitrogen and oxygen atoms in total. The molecule has 0 atom stereocenters. The second-order valence-corrected chi connectivity index (χ2v) is 13.6. The zero-order chi connectivity index (χ0) is 38.6. The highest BCUT2D eigenvalue weighted by molar-refractivity contribution is 5.91. The first-order valence-corrected chi connectivity index (χ1v) is 18.5. The molecule has 0 aliphatic rings. The van der Waals surface area contributed by atoms with Gasteiger partial charge in [0, 0.05) is 33.2 Å². The van der Waals surface area contributed by atoms with Crippen molar-refractivity contribution in [3.8, 4) is 39.8 Å². The lowest BCUT2D eigenvalue weighted by molar-refractivity contribution is 0.324. The Kier molecular flexibility index (Phi) is 9.98. The van der Waals surface area contributed by atoms with Crippen LogP contribution >= 0.6 is 0 Å². The average molecular weight is 731 g/mol. The molecule has 0 bridgehead atoms. The minimum atomic E-state index is 0.568. The van der Waals surface area contributed by atoms with E-state index in [0.717, 1.165) is 61.4 Å². The molecule has 2 aromatic heterocycles. The third-order valence-corrected chi connectivity index (χ3v) is 10.2. The van der Waals surface area contributed by atoms with Crippen molar-refractivity contribution >= 4 is 43.7 Å². The summed E-state index contributed by atoms with van der Waals surface area (Å²) >= 11 is 0. The molecule has 0 saturated heterocycles. The van der Waals surface area contributed by atoms with Crippen LogP contribution in [-0.2, 0) is 0 Å². The molecule has 2 heterocycles. The molecule has 0 spiro atoms. The number of aromatic nitrogens is 2. The maximum absolute atomic E-state index is 5.48. The number of para-hydroxylation sites is 2. The second-order valence-electron chi connectivity index (χ2n) is 13.6. The van der Waals surface area contributed by atoms with Crippen LogP contribution in [0.3, 0.4) is 0 Å². The summed E-state index contributed by atoms with van der Waals surface area (Å²) in [5, 5.41) is 4.91. The van der Waals surface area contributed by atoms with Gasteiger partial charge < -0.3 is 24.2 Å². The molecular formula is C51H42N2O3. The lowest BCUT2D eigenvalue weighted by Gasteiger charge is -2.15. The summed E-state index contributed by atoms with van der Waals surface area (Å²) in [6.07, 6.45) is 0. The van der Waals surface area contributed by atoms with Gasteiger partial charge in [0.2, 0.25) is 5.75 Å². The van der Waals surface area contributed by atoms with Crippen molar-refractivity contribution in [1.82, 2.24) is 9.97 Å². The summed E-state index contributed by atoms with van der Waals surface area (Å²) in [5.74, 6) is 1.78. The molecule has 0 aliphatic heterocycles. The fourth-order valence-electron chi connectivity index (χ4n) is 7.17. The first kappa shape index (κ1) is 35.8. The molecule has 0 fully saturated rings. The summed E-state index contributed by atoms with van der Waals surface area (Å²) in [6, 6.07) is 56.7. The molecule has 0 radical (unpaired) electrons. The number of nitrogens with one attached hydrogen (secondary N) is 2. The van der Waals surface area contributed by atoms with Crippen molar-refractivity contribution in [2.75, 3.05) is 21.3 Å². The van der Waals surface area contributed by atoms with Crippen LogP contribution in [0.1, 0.15) is 22.3 Å². The number of methoxy groups -OCH3 is 3. The molecule has 9 aromatic rings. The van der Waals surface area contributed by atoms with Gasteiger partial charge in [0.15, 0.2) is 11.5 Å². The maximum Gasteiger partial charge on any atom is 0.203 e. The largest absolute Gasteiger partial charge is 0.493 e. The number of H-pyrrole nitrogens is 2. The van der Waals surface area contributed by atoms with Gasteiger partial charge in [-0.1, -0.05) is 122 Å². The second kappa shape index (κ2) is 15.6. The van der Waals surface area contributed by atoms with E-state index in [1.54, 1.807) is 21.3 Å². The summed E-state index contributed by atoms with van der Waals surface area (Å²) < 4.78 is 16.4. The van der Waals surface area contributed by atoms with Crippen molar-refractivity contribution in [3.63, 3.8) is 0 Å². The Bertz CT molecular complexity index is 2780. The van der Waals surface area contributed by atoms with Crippen LogP contribution in [0.4, 0.5) is 0 Å². The molecule has 56 heavy (non-hydrogen) atoms. The van der Waals surface area contributed by atoms with E-state index in [0.29, 0.717) is 17.2 Å². The van der Waals surface area contributed by atoms with Gasteiger partial charge in [-0.25, -0.2) is 0 Å². The van der Waals surface area contributed by atoms with Crippen LogP contribution in [0.2, 0.25) is 0 Å². The van der Waals surface area contributed by atoms with E-state index in [9.17, 15) is 0 Å². The van der Waals surface area contributed by atoms with Crippen LogP contribution in [0.15, 0.2) is 177 Å². The van der Waals surface area contributed by atoms with E-state index in [4.69, 9.17) is 14.2 Å². The first-order chi connectivity index (χ1) is 27.4. The van der Waals surface area contributed by atoms with Crippen molar-refractivity contribution in [3.05, 3.63) is 199 Å². The van der Waals surface area contributed by atoms with E-state index in [1.165, 1.54) is 27.1 Å². The van der Waals surface area contributed by atoms with Gasteiger partial charge in [0.25, 0.3) is 0 Å². The maximum atomic E-state index is 5.48. The SMILES string of the molecule is C=C(c1cccc(-c2cc3ccccc3[nH]2)c1)c1cc(OC)c(OC)c(OC)c1.C=C(c1cccc(-c2cc3ccccc3[nH]2)c1)c1ccc2ccccc2c1. The average Bonchev–Trinajstić information content (AvgIpc) is 3.91. The van der Waals surface area contributed by atoms with E-state index >= 15 is 0 Å². The van der Waals surface area contributed by atoms with Gasteiger partial charge in [-0.15, -0.1) is 0 Å². The van der Waals surface area contributed by atoms with E-state index < -0.39 is 0 Å². The zero-order valence-electron chi connectivity index (χ0n) is 31.7. The Morgan fingerprint density at radius 1 is 0.393 bits per heavy atom. The fourth-order valence-corrected chi connectivity index (χ4v) is 7.17. The van der Waals surface area contributed by atoms with Crippen molar-refractivity contribution in [1.29, 1.82) is 0 Å². The van der Waals surface area contributed by atoms with Gasteiger partial charge >= 0.3 is 0 Å². The number of hydrogen-bond acceptors (Lipinski definition) is 3. The number of rotatable bonds is 9. The topological polar surface area (TPSA) is 59.3 Å². The number of benzene rings is 7. The van der Waals surface area contributed by atoms with Gasteiger partial charge in [-0.05, 0) is 110 Å². The monoisotopic (exact) mass is 730 g/mol. The molecule has 9 rings (SSSR count). The highest BCUT2D eigenvalue weighted by atomic mass is 16.5. The van der Waals surface area contributed by atoms with Gasteiger partial charge in [0.1, 0.15) is 0 Å². The third-order valence-electron chi connectivity index (χ3n) is 10.2. The number of fused-ring (bicyclic) bond motifs is 3. The van der Waals surface area contributed by atoms with E-state index in [2.05, 4.69) is 157 Å². The minimum Gasteiger partial charge on any atom is -0.493 e. The van der Waals surface area contributed by atoms with Crippen LogP contribution in [0.25, 0.3) is 66.2 Å². The summed E-state index contributed by atoms with van der Waals surface area (Å²) in [7, 11) is 4.82. The van der Waals surface area contributed by atoms with Crippen LogP contribution in [0.5, 0.6) is 17.2 Å². The lowest BCUT2D eigenvalue weighted by Crippen LogP contribution is -1.97. The molecule has 2 N–H and O–H groups in total. The molecule has 0 saturated carbocycles. The Hall–Kier alpha value is -7.24. The van der Waals surface area contributed by atoms with Gasteiger partial charge in [-0.3, -0.25) is 0 Å². The molecule has 274 valence electrons.